The second-order valence-corrected chi connectivity index (χ2v) is 8.19. The SMILES string of the molecule is CC(C)N(C(=O)c1sccc1/C=C/CN1C(=O)c2ccccc2C1=O)C(C)C. The summed E-state index contributed by atoms with van der Waals surface area (Å²) < 4.78 is 0. The molecule has 0 fully saturated rings. The van der Waals surface area contributed by atoms with E-state index in [1.165, 1.54) is 16.2 Å². The van der Waals surface area contributed by atoms with Gasteiger partial charge in [-0.2, -0.15) is 0 Å². The number of rotatable bonds is 6. The van der Waals surface area contributed by atoms with E-state index in [4.69, 9.17) is 0 Å². The van der Waals surface area contributed by atoms with Crippen molar-refractivity contribution in [3.63, 3.8) is 0 Å². The number of fused-ring (bicyclic) bond motifs is 1. The highest BCUT2D eigenvalue weighted by Gasteiger charge is 2.34. The minimum Gasteiger partial charge on any atom is -0.333 e. The zero-order valence-electron chi connectivity index (χ0n) is 16.5. The smallest absolute Gasteiger partial charge is 0.264 e. The molecule has 1 aliphatic rings. The Morgan fingerprint density at radius 3 is 2.14 bits per heavy atom. The van der Waals surface area contributed by atoms with E-state index in [1.54, 1.807) is 30.3 Å². The number of carbonyl (C=O) groups excluding carboxylic acids is 3. The molecule has 0 atom stereocenters. The van der Waals surface area contributed by atoms with Crippen LogP contribution in [0.4, 0.5) is 0 Å². The average Bonchev–Trinajstić information content (AvgIpc) is 3.20. The van der Waals surface area contributed by atoms with Gasteiger partial charge in [0.2, 0.25) is 0 Å². The molecule has 0 N–H and O–H groups in total. The Balaban J connectivity index is 1.75. The third-order valence-electron chi connectivity index (χ3n) is 4.70. The van der Waals surface area contributed by atoms with E-state index in [2.05, 4.69) is 0 Å². The number of hydrogen-bond acceptors (Lipinski definition) is 4. The molecule has 0 unspecified atom stereocenters. The molecule has 1 aliphatic heterocycles. The van der Waals surface area contributed by atoms with Gasteiger partial charge in [-0.15, -0.1) is 11.3 Å². The summed E-state index contributed by atoms with van der Waals surface area (Å²) in [5.74, 6) is -0.560. The van der Waals surface area contributed by atoms with Gasteiger partial charge in [0.25, 0.3) is 17.7 Å². The van der Waals surface area contributed by atoms with Crippen LogP contribution < -0.4 is 0 Å². The van der Waals surface area contributed by atoms with Crippen molar-refractivity contribution in [1.82, 2.24) is 9.80 Å². The van der Waals surface area contributed by atoms with Crippen molar-refractivity contribution >= 4 is 35.1 Å². The van der Waals surface area contributed by atoms with Gasteiger partial charge in [0, 0.05) is 18.6 Å². The van der Waals surface area contributed by atoms with Crippen LogP contribution in [0, 0.1) is 0 Å². The molecule has 0 bridgehead atoms. The van der Waals surface area contributed by atoms with Gasteiger partial charge in [-0.25, -0.2) is 0 Å². The lowest BCUT2D eigenvalue weighted by Gasteiger charge is -2.30. The van der Waals surface area contributed by atoms with Gasteiger partial charge in [-0.1, -0.05) is 24.3 Å². The Morgan fingerprint density at radius 1 is 1.04 bits per heavy atom. The quantitative estimate of drug-likeness (QED) is 0.684. The van der Waals surface area contributed by atoms with Crippen LogP contribution in [0.2, 0.25) is 0 Å². The monoisotopic (exact) mass is 396 g/mol. The molecular weight excluding hydrogens is 372 g/mol. The predicted octanol–water partition coefficient (Wildman–Crippen LogP) is 4.32. The van der Waals surface area contributed by atoms with E-state index in [9.17, 15) is 14.4 Å². The third-order valence-corrected chi connectivity index (χ3v) is 5.62. The fourth-order valence-corrected chi connectivity index (χ4v) is 4.33. The Kier molecular flexibility index (Phi) is 5.79. The lowest BCUT2D eigenvalue weighted by molar-refractivity contribution is 0.0643. The lowest BCUT2D eigenvalue weighted by Crippen LogP contribution is -2.41. The van der Waals surface area contributed by atoms with Crippen LogP contribution in [0.15, 0.2) is 41.8 Å². The van der Waals surface area contributed by atoms with Gasteiger partial charge in [0.05, 0.1) is 16.0 Å². The lowest BCUT2D eigenvalue weighted by atomic mass is 10.1. The highest BCUT2D eigenvalue weighted by atomic mass is 32.1. The maximum Gasteiger partial charge on any atom is 0.264 e. The maximum absolute atomic E-state index is 13.0. The molecule has 2 heterocycles. The van der Waals surface area contributed by atoms with Crippen LogP contribution in [0.5, 0.6) is 0 Å². The number of imide groups is 1. The van der Waals surface area contributed by atoms with Gasteiger partial charge in [0.1, 0.15) is 0 Å². The summed E-state index contributed by atoms with van der Waals surface area (Å²) >= 11 is 1.40. The number of hydrogen-bond donors (Lipinski definition) is 0. The van der Waals surface area contributed by atoms with E-state index in [0.717, 1.165) is 5.56 Å². The zero-order chi connectivity index (χ0) is 20.4. The molecule has 0 saturated heterocycles. The van der Waals surface area contributed by atoms with E-state index in [-0.39, 0.29) is 36.3 Å². The molecule has 2 aromatic rings. The number of nitrogens with zero attached hydrogens (tertiary/aromatic N) is 2. The largest absolute Gasteiger partial charge is 0.333 e. The molecular formula is C22H24N2O3S. The molecule has 146 valence electrons. The molecule has 0 spiro atoms. The third kappa shape index (κ3) is 3.64. The van der Waals surface area contributed by atoms with Gasteiger partial charge in [-0.05, 0) is 56.8 Å². The van der Waals surface area contributed by atoms with Gasteiger partial charge < -0.3 is 4.90 Å². The molecule has 1 aromatic carbocycles. The number of thiophene rings is 1. The fraction of sp³-hybridized carbons (Fsp3) is 0.318. The summed E-state index contributed by atoms with van der Waals surface area (Å²) in [6, 6.07) is 8.93. The molecule has 5 nitrogen and oxygen atoms in total. The summed E-state index contributed by atoms with van der Waals surface area (Å²) in [7, 11) is 0. The second kappa shape index (κ2) is 8.10. The van der Waals surface area contributed by atoms with Crippen molar-refractivity contribution in [2.75, 3.05) is 6.54 Å². The van der Waals surface area contributed by atoms with E-state index in [0.29, 0.717) is 16.0 Å². The Morgan fingerprint density at radius 2 is 1.61 bits per heavy atom. The van der Waals surface area contributed by atoms with Crippen molar-refractivity contribution in [2.24, 2.45) is 0 Å². The molecule has 0 radical (unpaired) electrons. The van der Waals surface area contributed by atoms with Crippen molar-refractivity contribution in [1.29, 1.82) is 0 Å². The van der Waals surface area contributed by atoms with Crippen molar-refractivity contribution in [3.05, 3.63) is 63.4 Å². The summed E-state index contributed by atoms with van der Waals surface area (Å²) in [6.45, 7) is 8.19. The normalized spacial score (nSPS) is 13.9. The first-order valence-electron chi connectivity index (χ1n) is 9.34. The Labute approximate surface area is 169 Å². The van der Waals surface area contributed by atoms with Gasteiger partial charge in [0.15, 0.2) is 0 Å². The number of carbonyl (C=O) groups is 3. The first-order chi connectivity index (χ1) is 13.3. The van der Waals surface area contributed by atoms with E-state index in [1.807, 2.05) is 50.1 Å². The van der Waals surface area contributed by atoms with Gasteiger partial charge in [-0.3, -0.25) is 19.3 Å². The number of benzene rings is 1. The summed E-state index contributed by atoms with van der Waals surface area (Å²) in [6.07, 6.45) is 3.57. The first-order valence-corrected chi connectivity index (χ1v) is 10.2. The summed E-state index contributed by atoms with van der Waals surface area (Å²) in [4.78, 5) is 41.6. The summed E-state index contributed by atoms with van der Waals surface area (Å²) in [5.41, 5.74) is 1.69. The zero-order valence-corrected chi connectivity index (χ0v) is 17.3. The van der Waals surface area contributed by atoms with Crippen molar-refractivity contribution in [2.45, 2.75) is 39.8 Å². The first kappa shape index (κ1) is 20.0. The number of amides is 3. The minimum atomic E-state index is -0.280. The van der Waals surface area contributed by atoms with Crippen LogP contribution in [0.25, 0.3) is 6.08 Å². The topological polar surface area (TPSA) is 57.7 Å². The van der Waals surface area contributed by atoms with Crippen LogP contribution in [0.3, 0.4) is 0 Å². The maximum atomic E-state index is 13.0. The molecule has 3 rings (SSSR count). The molecule has 28 heavy (non-hydrogen) atoms. The van der Waals surface area contributed by atoms with Crippen LogP contribution >= 0.6 is 11.3 Å². The fourth-order valence-electron chi connectivity index (χ4n) is 3.50. The summed E-state index contributed by atoms with van der Waals surface area (Å²) in [5, 5.41) is 1.88. The molecule has 6 heteroatoms. The molecule has 1 aromatic heterocycles. The van der Waals surface area contributed by atoms with E-state index >= 15 is 0 Å². The van der Waals surface area contributed by atoms with E-state index < -0.39 is 0 Å². The van der Waals surface area contributed by atoms with Crippen molar-refractivity contribution < 1.29 is 14.4 Å². The van der Waals surface area contributed by atoms with Crippen LogP contribution in [-0.2, 0) is 0 Å². The van der Waals surface area contributed by atoms with Crippen LogP contribution in [-0.4, -0.2) is 46.1 Å². The highest BCUT2D eigenvalue weighted by molar-refractivity contribution is 7.12. The average molecular weight is 397 g/mol. The Hall–Kier alpha value is -2.73. The van der Waals surface area contributed by atoms with Gasteiger partial charge >= 0.3 is 0 Å². The standard InChI is InChI=1S/C22H24N2O3S/c1-14(2)24(15(3)4)22(27)19-16(11-13-28-19)8-7-12-23-20(25)17-9-5-6-10-18(17)21(23)26/h5-11,13-15H,12H2,1-4H3/b8-7+. The second-order valence-electron chi connectivity index (χ2n) is 7.27. The highest BCUT2D eigenvalue weighted by Crippen LogP contribution is 2.24. The molecule has 0 saturated carbocycles. The molecule has 3 amide bonds. The van der Waals surface area contributed by atoms with Crippen molar-refractivity contribution in [3.8, 4) is 0 Å². The minimum absolute atomic E-state index is 0.000352. The van der Waals surface area contributed by atoms with Crippen LogP contribution in [0.1, 0.15) is 63.6 Å². The predicted molar refractivity (Wildman–Crippen MR) is 112 cm³/mol. The molecule has 0 aliphatic carbocycles. The Bertz CT molecular complexity index is 900.